The number of nitrogens with one attached hydrogen (secondary N) is 1. The van der Waals surface area contributed by atoms with E-state index < -0.39 is 5.54 Å². The van der Waals surface area contributed by atoms with Gasteiger partial charge in [0.25, 0.3) is 0 Å². The van der Waals surface area contributed by atoms with E-state index in [1.54, 1.807) is 30.4 Å². The van der Waals surface area contributed by atoms with E-state index in [4.69, 9.17) is 5.73 Å². The summed E-state index contributed by atoms with van der Waals surface area (Å²) in [6, 6.07) is 0.493. The van der Waals surface area contributed by atoms with Gasteiger partial charge in [0.1, 0.15) is 5.03 Å². The molecule has 2 unspecified atom stereocenters. The van der Waals surface area contributed by atoms with Crippen molar-refractivity contribution in [2.75, 3.05) is 0 Å². The molecule has 2 fully saturated rings. The first-order valence-corrected chi connectivity index (χ1v) is 7.56. The number of amides is 1. The Morgan fingerprint density at radius 1 is 1.42 bits per heavy atom. The van der Waals surface area contributed by atoms with E-state index in [0.717, 1.165) is 37.1 Å². The minimum atomic E-state index is -0.499. The summed E-state index contributed by atoms with van der Waals surface area (Å²) in [7, 11) is 0. The van der Waals surface area contributed by atoms with Gasteiger partial charge < -0.3 is 11.1 Å². The third-order valence-electron chi connectivity index (χ3n) is 3.83. The monoisotopic (exact) mass is 278 g/mol. The normalized spacial score (nSPS) is 30.4. The first-order valence-electron chi connectivity index (χ1n) is 6.68. The van der Waals surface area contributed by atoms with Crippen molar-refractivity contribution < 1.29 is 4.79 Å². The Balaban J connectivity index is 1.65. The fraction of sp³-hybridized carbons (Fsp3) is 0.615. The maximum absolute atomic E-state index is 11.8. The van der Waals surface area contributed by atoms with Crippen LogP contribution in [0.3, 0.4) is 0 Å². The number of thioether (sulfide) groups is 1. The van der Waals surface area contributed by atoms with Crippen molar-refractivity contribution >= 4 is 17.7 Å². The van der Waals surface area contributed by atoms with E-state index in [-0.39, 0.29) is 5.91 Å². The van der Waals surface area contributed by atoms with Crippen molar-refractivity contribution in [2.45, 2.75) is 54.0 Å². The Kier molecular flexibility index (Phi) is 3.45. The zero-order chi connectivity index (χ0) is 13.3. The van der Waals surface area contributed by atoms with E-state index in [1.165, 1.54) is 0 Å². The van der Waals surface area contributed by atoms with Crippen LogP contribution in [-0.2, 0) is 4.79 Å². The molecule has 6 heteroatoms. The molecule has 2 aliphatic carbocycles. The zero-order valence-corrected chi connectivity index (χ0v) is 11.5. The molecule has 2 aliphatic rings. The molecule has 1 amide bonds. The molecule has 102 valence electrons. The second-order valence-corrected chi connectivity index (χ2v) is 6.71. The summed E-state index contributed by atoms with van der Waals surface area (Å²) in [6.45, 7) is 0. The molecule has 1 heterocycles. The molecule has 3 N–H and O–H groups in total. The van der Waals surface area contributed by atoms with Gasteiger partial charge in [0, 0.05) is 23.7 Å². The third kappa shape index (κ3) is 2.90. The van der Waals surface area contributed by atoms with Crippen molar-refractivity contribution in [1.29, 1.82) is 0 Å². The number of hydrogen-bond acceptors (Lipinski definition) is 5. The van der Waals surface area contributed by atoms with E-state index in [9.17, 15) is 4.79 Å². The smallest absolute Gasteiger partial charge is 0.237 e. The summed E-state index contributed by atoms with van der Waals surface area (Å²) < 4.78 is 0. The van der Waals surface area contributed by atoms with Gasteiger partial charge in [0.05, 0.1) is 11.7 Å². The van der Waals surface area contributed by atoms with Crippen LogP contribution in [0.4, 0.5) is 0 Å². The van der Waals surface area contributed by atoms with Crippen molar-refractivity contribution in [2.24, 2.45) is 5.73 Å². The highest BCUT2D eigenvalue weighted by atomic mass is 32.2. The van der Waals surface area contributed by atoms with E-state index in [2.05, 4.69) is 15.3 Å². The van der Waals surface area contributed by atoms with Gasteiger partial charge in [0.15, 0.2) is 0 Å². The van der Waals surface area contributed by atoms with E-state index >= 15 is 0 Å². The zero-order valence-electron chi connectivity index (χ0n) is 10.7. The number of carbonyl (C=O) groups excluding carboxylic acids is 1. The summed E-state index contributed by atoms with van der Waals surface area (Å²) in [5.74, 6) is -0.207. The molecule has 0 aliphatic heterocycles. The second-order valence-electron chi connectivity index (χ2n) is 5.39. The SMILES string of the molecule is NC(=O)C1(NC2CC2)CCC(Sc2cnccn2)C1. The van der Waals surface area contributed by atoms with Crippen LogP contribution in [0, 0.1) is 0 Å². The standard InChI is InChI=1S/C13H18N4OS/c14-12(18)13(17-9-1-2-9)4-3-10(7-13)19-11-8-15-5-6-16-11/h5-6,8-10,17H,1-4,7H2,(H2,14,18). The number of rotatable bonds is 5. The lowest BCUT2D eigenvalue weighted by Gasteiger charge is -2.27. The quantitative estimate of drug-likeness (QED) is 0.843. The number of carbonyl (C=O) groups is 1. The fourth-order valence-electron chi connectivity index (χ4n) is 2.66. The van der Waals surface area contributed by atoms with Crippen LogP contribution in [-0.4, -0.2) is 32.7 Å². The Morgan fingerprint density at radius 2 is 2.26 bits per heavy atom. The molecule has 0 aromatic carbocycles. The Labute approximate surface area is 116 Å². The predicted molar refractivity (Wildman–Crippen MR) is 73.6 cm³/mol. The van der Waals surface area contributed by atoms with Crippen molar-refractivity contribution in [3.05, 3.63) is 18.6 Å². The molecule has 2 saturated carbocycles. The minimum absolute atomic E-state index is 0.207. The Hall–Kier alpha value is -1.14. The average molecular weight is 278 g/mol. The molecule has 1 aromatic rings. The number of nitrogens with zero attached hydrogens (tertiary/aromatic N) is 2. The lowest BCUT2D eigenvalue weighted by molar-refractivity contribution is -0.124. The average Bonchev–Trinajstić information content (AvgIpc) is 3.11. The first kappa shape index (κ1) is 12.9. The highest BCUT2D eigenvalue weighted by molar-refractivity contribution is 7.99. The summed E-state index contributed by atoms with van der Waals surface area (Å²) in [5.41, 5.74) is 5.13. The van der Waals surface area contributed by atoms with Crippen LogP contribution in [0.5, 0.6) is 0 Å². The molecule has 3 rings (SSSR count). The lowest BCUT2D eigenvalue weighted by atomic mass is 9.96. The highest BCUT2D eigenvalue weighted by Gasteiger charge is 2.46. The van der Waals surface area contributed by atoms with E-state index in [0.29, 0.717) is 11.3 Å². The van der Waals surface area contributed by atoms with Gasteiger partial charge in [-0.05, 0) is 32.1 Å². The molecule has 0 spiro atoms. The molecule has 0 radical (unpaired) electrons. The third-order valence-corrected chi connectivity index (χ3v) is 5.01. The molecular weight excluding hydrogens is 260 g/mol. The second kappa shape index (κ2) is 5.09. The number of primary amides is 1. The van der Waals surface area contributed by atoms with Crippen molar-refractivity contribution in [3.63, 3.8) is 0 Å². The molecule has 19 heavy (non-hydrogen) atoms. The molecule has 5 nitrogen and oxygen atoms in total. The summed E-state index contributed by atoms with van der Waals surface area (Å²) in [4.78, 5) is 20.1. The predicted octanol–water partition coefficient (Wildman–Crippen LogP) is 1.10. The number of hydrogen-bond donors (Lipinski definition) is 2. The van der Waals surface area contributed by atoms with Gasteiger partial charge >= 0.3 is 0 Å². The van der Waals surface area contributed by atoms with Gasteiger partial charge in [-0.25, -0.2) is 4.98 Å². The van der Waals surface area contributed by atoms with Gasteiger partial charge in [-0.3, -0.25) is 9.78 Å². The summed E-state index contributed by atoms with van der Waals surface area (Å²) in [5, 5.41) is 4.76. The van der Waals surface area contributed by atoms with E-state index in [1.807, 2.05) is 0 Å². The maximum Gasteiger partial charge on any atom is 0.237 e. The van der Waals surface area contributed by atoms with Crippen LogP contribution in [0.1, 0.15) is 32.1 Å². The van der Waals surface area contributed by atoms with Crippen LogP contribution in [0.15, 0.2) is 23.6 Å². The van der Waals surface area contributed by atoms with Gasteiger partial charge in [0.2, 0.25) is 5.91 Å². The molecule has 0 bridgehead atoms. The number of nitrogens with two attached hydrogens (primary N) is 1. The largest absolute Gasteiger partial charge is 0.368 e. The molecule has 0 saturated heterocycles. The summed E-state index contributed by atoms with van der Waals surface area (Å²) in [6.07, 6.45) is 10.1. The lowest BCUT2D eigenvalue weighted by Crippen LogP contribution is -2.54. The number of aromatic nitrogens is 2. The summed E-state index contributed by atoms with van der Waals surface area (Å²) >= 11 is 1.70. The van der Waals surface area contributed by atoms with Crippen LogP contribution >= 0.6 is 11.8 Å². The van der Waals surface area contributed by atoms with Gasteiger partial charge in [-0.15, -0.1) is 11.8 Å². The topological polar surface area (TPSA) is 80.9 Å². The molecule has 1 aromatic heterocycles. The Bertz CT molecular complexity index is 465. The highest BCUT2D eigenvalue weighted by Crippen LogP contribution is 2.41. The molecule has 2 atom stereocenters. The van der Waals surface area contributed by atoms with Crippen LogP contribution in [0.25, 0.3) is 0 Å². The fourth-order valence-corrected chi connectivity index (χ4v) is 3.85. The van der Waals surface area contributed by atoms with Crippen LogP contribution < -0.4 is 11.1 Å². The van der Waals surface area contributed by atoms with Gasteiger partial charge in [-0.2, -0.15) is 0 Å². The van der Waals surface area contributed by atoms with Crippen molar-refractivity contribution in [3.8, 4) is 0 Å². The first-order chi connectivity index (χ1) is 9.18. The minimum Gasteiger partial charge on any atom is -0.368 e. The van der Waals surface area contributed by atoms with Crippen molar-refractivity contribution in [1.82, 2.24) is 15.3 Å². The maximum atomic E-state index is 11.8. The molecular formula is C13H18N4OS. The Morgan fingerprint density at radius 3 is 2.89 bits per heavy atom. The van der Waals surface area contributed by atoms with Crippen LogP contribution in [0.2, 0.25) is 0 Å². The van der Waals surface area contributed by atoms with Gasteiger partial charge in [-0.1, -0.05) is 0 Å².